The Morgan fingerprint density at radius 3 is 2.83 bits per heavy atom. The number of nitrogen functional groups attached to an aromatic ring is 1. The van der Waals surface area contributed by atoms with Crippen molar-refractivity contribution in [2.75, 3.05) is 5.73 Å². The molecule has 0 saturated heterocycles. The maximum absolute atomic E-state index is 5.80. The number of fused-ring (bicyclic) bond motifs is 1. The summed E-state index contributed by atoms with van der Waals surface area (Å²) in [7, 11) is 2.01. The van der Waals surface area contributed by atoms with Crippen molar-refractivity contribution in [2.24, 2.45) is 7.05 Å². The van der Waals surface area contributed by atoms with Crippen LogP contribution in [0.15, 0.2) is 28.9 Å². The first-order chi connectivity index (χ1) is 5.70. The molecule has 0 saturated carbocycles. The van der Waals surface area contributed by atoms with E-state index in [0.717, 1.165) is 21.2 Å². The van der Waals surface area contributed by atoms with Crippen LogP contribution in [0.1, 0.15) is 0 Å². The highest BCUT2D eigenvalue weighted by atomic mass is 79.9. The molecule has 0 atom stereocenters. The Balaban J connectivity index is 2.95. The zero-order valence-electron chi connectivity index (χ0n) is 6.71. The Bertz CT molecular complexity index is 431. The van der Waals surface area contributed by atoms with E-state index in [9.17, 15) is 0 Å². The van der Waals surface area contributed by atoms with Crippen LogP contribution >= 0.6 is 15.9 Å². The SMILES string of the molecule is Cn1c(Br)cc2c(N)cccc21. The van der Waals surface area contributed by atoms with Crippen molar-refractivity contribution in [1.82, 2.24) is 4.57 Å². The normalized spacial score (nSPS) is 10.8. The van der Waals surface area contributed by atoms with Gasteiger partial charge in [-0.25, -0.2) is 0 Å². The van der Waals surface area contributed by atoms with E-state index in [1.54, 1.807) is 0 Å². The van der Waals surface area contributed by atoms with Gasteiger partial charge >= 0.3 is 0 Å². The lowest BCUT2D eigenvalue weighted by atomic mass is 10.2. The maximum Gasteiger partial charge on any atom is 0.0855 e. The van der Waals surface area contributed by atoms with Gasteiger partial charge in [0, 0.05) is 18.1 Å². The van der Waals surface area contributed by atoms with Gasteiger partial charge in [0.1, 0.15) is 0 Å². The number of anilines is 1. The minimum absolute atomic E-state index is 0.828. The van der Waals surface area contributed by atoms with Gasteiger partial charge in [-0.3, -0.25) is 0 Å². The lowest BCUT2D eigenvalue weighted by molar-refractivity contribution is 0.941. The van der Waals surface area contributed by atoms with Crippen LogP contribution in [0, 0.1) is 0 Å². The summed E-state index contributed by atoms with van der Waals surface area (Å²) in [5.41, 5.74) is 7.79. The largest absolute Gasteiger partial charge is 0.398 e. The number of halogens is 1. The monoisotopic (exact) mass is 224 g/mol. The van der Waals surface area contributed by atoms with Crippen molar-refractivity contribution >= 4 is 32.5 Å². The van der Waals surface area contributed by atoms with E-state index >= 15 is 0 Å². The van der Waals surface area contributed by atoms with Crippen LogP contribution in [0.3, 0.4) is 0 Å². The van der Waals surface area contributed by atoms with Crippen LogP contribution in [0.2, 0.25) is 0 Å². The molecule has 1 aromatic carbocycles. The lowest BCUT2D eigenvalue weighted by Crippen LogP contribution is -1.88. The molecule has 12 heavy (non-hydrogen) atoms. The molecule has 0 aliphatic heterocycles. The van der Waals surface area contributed by atoms with Crippen molar-refractivity contribution < 1.29 is 0 Å². The van der Waals surface area contributed by atoms with Crippen LogP contribution in [0.25, 0.3) is 10.9 Å². The average molecular weight is 225 g/mol. The predicted octanol–water partition coefficient (Wildman–Crippen LogP) is 2.52. The first-order valence-corrected chi connectivity index (χ1v) is 4.49. The fourth-order valence-electron chi connectivity index (χ4n) is 1.35. The Labute approximate surface area is 79.1 Å². The highest BCUT2D eigenvalue weighted by Crippen LogP contribution is 2.26. The Hall–Kier alpha value is -0.960. The third-order valence-corrected chi connectivity index (χ3v) is 2.82. The van der Waals surface area contributed by atoms with Gasteiger partial charge in [-0.1, -0.05) is 6.07 Å². The van der Waals surface area contributed by atoms with Crippen molar-refractivity contribution in [3.05, 3.63) is 28.9 Å². The first-order valence-electron chi connectivity index (χ1n) is 3.69. The Morgan fingerprint density at radius 1 is 1.42 bits per heavy atom. The number of nitrogens with two attached hydrogens (primary N) is 1. The number of rotatable bonds is 0. The number of benzene rings is 1. The minimum Gasteiger partial charge on any atom is -0.398 e. The van der Waals surface area contributed by atoms with Gasteiger partial charge in [-0.05, 0) is 34.1 Å². The summed E-state index contributed by atoms with van der Waals surface area (Å²) in [5, 5.41) is 1.10. The zero-order chi connectivity index (χ0) is 8.72. The van der Waals surface area contributed by atoms with Gasteiger partial charge in [-0.15, -0.1) is 0 Å². The van der Waals surface area contributed by atoms with Crippen LogP contribution in [0.4, 0.5) is 5.69 Å². The van der Waals surface area contributed by atoms with Gasteiger partial charge in [0.05, 0.1) is 10.1 Å². The van der Waals surface area contributed by atoms with Crippen molar-refractivity contribution in [2.45, 2.75) is 0 Å². The molecule has 1 aromatic heterocycles. The van der Waals surface area contributed by atoms with E-state index in [0.29, 0.717) is 0 Å². The molecule has 2 nitrogen and oxygen atoms in total. The molecule has 0 aliphatic rings. The molecule has 0 unspecified atom stereocenters. The van der Waals surface area contributed by atoms with Crippen LogP contribution in [-0.2, 0) is 7.05 Å². The summed E-state index contributed by atoms with van der Waals surface area (Å²) in [6.07, 6.45) is 0. The van der Waals surface area contributed by atoms with Gasteiger partial charge in [0.2, 0.25) is 0 Å². The molecule has 0 bridgehead atoms. The van der Waals surface area contributed by atoms with Gasteiger partial charge < -0.3 is 10.3 Å². The molecule has 62 valence electrons. The number of aromatic nitrogens is 1. The Kier molecular flexibility index (Phi) is 1.61. The smallest absolute Gasteiger partial charge is 0.0855 e. The summed E-state index contributed by atoms with van der Waals surface area (Å²) in [5.74, 6) is 0. The van der Waals surface area contributed by atoms with Crippen molar-refractivity contribution in [3.8, 4) is 0 Å². The molecular weight excluding hydrogens is 216 g/mol. The molecule has 0 amide bonds. The van der Waals surface area contributed by atoms with E-state index in [4.69, 9.17) is 5.73 Å². The fraction of sp³-hybridized carbons (Fsp3) is 0.111. The average Bonchev–Trinajstić information content (AvgIpc) is 2.32. The second-order valence-electron chi connectivity index (χ2n) is 2.81. The lowest BCUT2D eigenvalue weighted by Gasteiger charge is -1.98. The number of hydrogen-bond donors (Lipinski definition) is 1. The van der Waals surface area contributed by atoms with E-state index < -0.39 is 0 Å². The van der Waals surface area contributed by atoms with Crippen LogP contribution in [0.5, 0.6) is 0 Å². The zero-order valence-corrected chi connectivity index (χ0v) is 8.30. The van der Waals surface area contributed by atoms with E-state index in [1.165, 1.54) is 0 Å². The standard InChI is InChI=1S/C9H9BrN2/c1-12-8-4-2-3-7(11)6(8)5-9(12)10/h2-5H,11H2,1H3. The van der Waals surface area contributed by atoms with Crippen LogP contribution < -0.4 is 5.73 Å². The molecule has 0 radical (unpaired) electrons. The third-order valence-electron chi connectivity index (χ3n) is 2.06. The Morgan fingerprint density at radius 2 is 2.17 bits per heavy atom. The molecule has 2 aromatic rings. The third kappa shape index (κ3) is 0.932. The molecule has 0 fully saturated rings. The fourth-order valence-corrected chi connectivity index (χ4v) is 1.77. The van der Waals surface area contributed by atoms with Crippen molar-refractivity contribution in [1.29, 1.82) is 0 Å². The highest BCUT2D eigenvalue weighted by molar-refractivity contribution is 9.10. The summed E-state index contributed by atoms with van der Waals surface area (Å²) in [4.78, 5) is 0. The highest BCUT2D eigenvalue weighted by Gasteiger charge is 2.04. The second-order valence-corrected chi connectivity index (χ2v) is 3.62. The molecule has 0 spiro atoms. The van der Waals surface area contributed by atoms with E-state index in [2.05, 4.69) is 26.6 Å². The first kappa shape index (κ1) is 7.68. The number of nitrogens with zero attached hydrogens (tertiary/aromatic N) is 1. The molecule has 2 rings (SSSR count). The quantitative estimate of drug-likeness (QED) is 0.686. The topological polar surface area (TPSA) is 30.9 Å². The van der Waals surface area contributed by atoms with Crippen LogP contribution in [-0.4, -0.2) is 4.57 Å². The van der Waals surface area contributed by atoms with E-state index in [-0.39, 0.29) is 0 Å². The number of hydrogen-bond acceptors (Lipinski definition) is 1. The molecule has 2 N–H and O–H groups in total. The van der Waals surface area contributed by atoms with Gasteiger partial charge in [-0.2, -0.15) is 0 Å². The summed E-state index contributed by atoms with van der Waals surface area (Å²) >= 11 is 3.45. The summed E-state index contributed by atoms with van der Waals surface area (Å²) < 4.78 is 3.11. The molecular formula is C9H9BrN2. The molecule has 1 heterocycles. The maximum atomic E-state index is 5.80. The number of aryl methyl sites for hydroxylation is 1. The van der Waals surface area contributed by atoms with E-state index in [1.807, 2.05) is 25.2 Å². The molecule has 0 aliphatic carbocycles. The summed E-state index contributed by atoms with van der Waals surface area (Å²) in [6.45, 7) is 0. The predicted molar refractivity (Wildman–Crippen MR) is 55.0 cm³/mol. The second kappa shape index (κ2) is 2.52. The summed E-state index contributed by atoms with van der Waals surface area (Å²) in [6, 6.07) is 7.96. The van der Waals surface area contributed by atoms with Gasteiger partial charge in [0.15, 0.2) is 0 Å². The molecule has 3 heteroatoms. The minimum atomic E-state index is 0.828. The van der Waals surface area contributed by atoms with Crippen molar-refractivity contribution in [3.63, 3.8) is 0 Å². The van der Waals surface area contributed by atoms with Gasteiger partial charge in [0.25, 0.3) is 0 Å².